The molecule has 6 nitrogen and oxygen atoms in total. The molecule has 2 aromatic rings. The van der Waals surface area contributed by atoms with Crippen LogP contribution in [0.2, 0.25) is 0 Å². The Morgan fingerprint density at radius 1 is 1.31 bits per heavy atom. The zero-order valence-corrected chi connectivity index (χ0v) is 16.0. The highest BCUT2D eigenvalue weighted by atomic mass is 32.1. The van der Waals surface area contributed by atoms with Crippen molar-refractivity contribution in [3.63, 3.8) is 0 Å². The molecule has 1 aliphatic heterocycles. The third-order valence-electron chi connectivity index (χ3n) is 4.62. The Balaban J connectivity index is 1.61. The molecule has 0 saturated carbocycles. The maximum atomic E-state index is 12.3. The largest absolute Gasteiger partial charge is 0.338 e. The van der Waals surface area contributed by atoms with Crippen LogP contribution in [-0.4, -0.2) is 41.5 Å². The van der Waals surface area contributed by atoms with Gasteiger partial charge in [-0.3, -0.25) is 15.0 Å². The first-order valence-corrected chi connectivity index (χ1v) is 10.2. The summed E-state index contributed by atoms with van der Waals surface area (Å²) in [5.74, 6) is -0.257. The zero-order chi connectivity index (χ0) is 18.4. The van der Waals surface area contributed by atoms with Gasteiger partial charge in [0.15, 0.2) is 0 Å². The number of urea groups is 1. The summed E-state index contributed by atoms with van der Waals surface area (Å²) < 4.78 is 1.17. The molecule has 1 aromatic carbocycles. The van der Waals surface area contributed by atoms with Gasteiger partial charge in [-0.15, -0.1) is 11.3 Å². The van der Waals surface area contributed by atoms with Crippen molar-refractivity contribution in [3.05, 3.63) is 29.3 Å². The first-order valence-electron chi connectivity index (χ1n) is 9.34. The highest BCUT2D eigenvalue weighted by Crippen LogP contribution is 2.35. The SMILES string of the molecule is CCCCNC(=O)NC(=O)CN1CCCC[C@H]1c1nc2ccccc2s1. The van der Waals surface area contributed by atoms with Crippen LogP contribution in [0.4, 0.5) is 4.79 Å². The number of thiazole rings is 1. The molecule has 0 spiro atoms. The quantitative estimate of drug-likeness (QED) is 0.760. The molecule has 0 unspecified atom stereocenters. The summed E-state index contributed by atoms with van der Waals surface area (Å²) in [6, 6.07) is 7.86. The van der Waals surface area contributed by atoms with E-state index in [4.69, 9.17) is 4.98 Å². The number of rotatable bonds is 6. The molecule has 2 N–H and O–H groups in total. The summed E-state index contributed by atoms with van der Waals surface area (Å²) in [6.07, 6.45) is 5.11. The number of hydrogen-bond donors (Lipinski definition) is 2. The Labute approximate surface area is 158 Å². The van der Waals surface area contributed by atoms with Crippen molar-refractivity contribution in [2.24, 2.45) is 0 Å². The molecule has 7 heteroatoms. The van der Waals surface area contributed by atoms with E-state index in [1.807, 2.05) is 18.2 Å². The third-order valence-corrected chi connectivity index (χ3v) is 5.76. The predicted molar refractivity (Wildman–Crippen MR) is 104 cm³/mol. The molecule has 2 heterocycles. The number of fused-ring (bicyclic) bond motifs is 1. The molecule has 3 rings (SSSR count). The van der Waals surface area contributed by atoms with Crippen molar-refractivity contribution in [1.29, 1.82) is 0 Å². The number of imide groups is 1. The maximum Gasteiger partial charge on any atom is 0.321 e. The summed E-state index contributed by atoms with van der Waals surface area (Å²) in [5.41, 5.74) is 1.01. The average molecular weight is 375 g/mol. The van der Waals surface area contributed by atoms with Gasteiger partial charge in [-0.2, -0.15) is 0 Å². The maximum absolute atomic E-state index is 12.3. The summed E-state index contributed by atoms with van der Waals surface area (Å²) in [6.45, 7) is 3.73. The average Bonchev–Trinajstić information content (AvgIpc) is 3.06. The van der Waals surface area contributed by atoms with E-state index in [1.165, 1.54) is 4.70 Å². The highest BCUT2D eigenvalue weighted by Gasteiger charge is 2.28. The first-order chi connectivity index (χ1) is 12.7. The second-order valence-corrected chi connectivity index (χ2v) is 7.72. The Morgan fingerprint density at radius 2 is 2.15 bits per heavy atom. The van der Waals surface area contributed by atoms with Crippen LogP contribution in [-0.2, 0) is 4.79 Å². The second kappa shape index (κ2) is 9.09. The van der Waals surface area contributed by atoms with E-state index >= 15 is 0 Å². The van der Waals surface area contributed by atoms with E-state index in [0.717, 1.165) is 49.2 Å². The number of para-hydroxylation sites is 1. The van der Waals surface area contributed by atoms with Crippen LogP contribution in [0.5, 0.6) is 0 Å². The van der Waals surface area contributed by atoms with Gasteiger partial charge in [0.1, 0.15) is 5.01 Å². The molecule has 1 aliphatic rings. The summed E-state index contributed by atoms with van der Waals surface area (Å²) in [4.78, 5) is 31.0. The van der Waals surface area contributed by atoms with Crippen LogP contribution in [0.25, 0.3) is 10.2 Å². The summed E-state index contributed by atoms with van der Waals surface area (Å²) >= 11 is 1.70. The number of unbranched alkanes of at least 4 members (excludes halogenated alkanes) is 1. The summed E-state index contributed by atoms with van der Waals surface area (Å²) in [5, 5.41) is 6.21. The minimum atomic E-state index is -0.406. The molecule has 0 aliphatic carbocycles. The van der Waals surface area contributed by atoms with Gasteiger partial charge < -0.3 is 5.32 Å². The van der Waals surface area contributed by atoms with E-state index in [9.17, 15) is 9.59 Å². The number of benzene rings is 1. The molecule has 0 radical (unpaired) electrons. The molecule has 1 aromatic heterocycles. The molecular formula is C19H26N4O2S. The first kappa shape index (κ1) is 18.8. The normalized spacial score (nSPS) is 18.0. The zero-order valence-electron chi connectivity index (χ0n) is 15.2. The number of aromatic nitrogens is 1. The van der Waals surface area contributed by atoms with E-state index in [-0.39, 0.29) is 18.5 Å². The van der Waals surface area contributed by atoms with E-state index in [2.05, 4.69) is 28.5 Å². The van der Waals surface area contributed by atoms with Gasteiger partial charge in [-0.1, -0.05) is 31.9 Å². The number of nitrogens with zero attached hydrogens (tertiary/aromatic N) is 2. The molecule has 26 heavy (non-hydrogen) atoms. The lowest BCUT2D eigenvalue weighted by Crippen LogP contribution is -2.46. The molecule has 0 bridgehead atoms. The van der Waals surface area contributed by atoms with E-state index in [0.29, 0.717) is 6.54 Å². The van der Waals surface area contributed by atoms with Crippen molar-refractivity contribution in [2.75, 3.05) is 19.6 Å². The van der Waals surface area contributed by atoms with Crippen LogP contribution >= 0.6 is 11.3 Å². The van der Waals surface area contributed by atoms with Gasteiger partial charge >= 0.3 is 6.03 Å². The monoisotopic (exact) mass is 374 g/mol. The topological polar surface area (TPSA) is 74.3 Å². The number of piperidine rings is 1. The van der Waals surface area contributed by atoms with Crippen molar-refractivity contribution < 1.29 is 9.59 Å². The minimum absolute atomic E-state index is 0.148. The Kier molecular flexibility index (Phi) is 6.57. The molecule has 3 amide bonds. The number of carbonyl (C=O) groups is 2. The Morgan fingerprint density at radius 3 is 2.96 bits per heavy atom. The van der Waals surface area contributed by atoms with Crippen LogP contribution in [0.3, 0.4) is 0 Å². The molecule has 1 saturated heterocycles. The van der Waals surface area contributed by atoms with Crippen LogP contribution in [0, 0.1) is 0 Å². The lowest BCUT2D eigenvalue weighted by Gasteiger charge is -2.33. The fraction of sp³-hybridized carbons (Fsp3) is 0.526. The fourth-order valence-corrected chi connectivity index (χ4v) is 4.40. The van der Waals surface area contributed by atoms with Gasteiger partial charge in [0.05, 0.1) is 22.8 Å². The molecule has 1 atom stereocenters. The molecular weight excluding hydrogens is 348 g/mol. The van der Waals surface area contributed by atoms with Crippen LogP contribution in [0.15, 0.2) is 24.3 Å². The lowest BCUT2D eigenvalue weighted by atomic mass is 10.0. The number of carbonyl (C=O) groups excluding carboxylic acids is 2. The number of likely N-dealkylation sites (tertiary alicyclic amines) is 1. The van der Waals surface area contributed by atoms with Crippen molar-refractivity contribution in [3.8, 4) is 0 Å². The predicted octanol–water partition coefficient (Wildman–Crippen LogP) is 3.45. The van der Waals surface area contributed by atoms with Crippen molar-refractivity contribution in [2.45, 2.75) is 45.1 Å². The van der Waals surface area contributed by atoms with Gasteiger partial charge in [0, 0.05) is 6.54 Å². The number of hydrogen-bond acceptors (Lipinski definition) is 5. The standard InChI is InChI=1S/C19H26N4O2S/c1-2-3-11-20-19(25)22-17(24)13-23-12-7-6-9-15(23)18-21-14-8-4-5-10-16(14)26-18/h4-5,8,10,15H,2-3,6-7,9,11-13H2,1H3,(H2,20,22,24,25)/t15-/m0/s1. The van der Waals surface area contributed by atoms with Crippen LogP contribution < -0.4 is 10.6 Å². The Hall–Kier alpha value is -1.99. The fourth-order valence-electron chi connectivity index (χ4n) is 3.27. The Bertz CT molecular complexity index is 728. The van der Waals surface area contributed by atoms with E-state index < -0.39 is 6.03 Å². The third kappa shape index (κ3) is 4.80. The molecule has 140 valence electrons. The van der Waals surface area contributed by atoms with Gasteiger partial charge in [0.2, 0.25) is 5.91 Å². The highest BCUT2D eigenvalue weighted by molar-refractivity contribution is 7.18. The van der Waals surface area contributed by atoms with Crippen molar-refractivity contribution >= 4 is 33.5 Å². The van der Waals surface area contributed by atoms with Crippen molar-refractivity contribution in [1.82, 2.24) is 20.5 Å². The lowest BCUT2D eigenvalue weighted by molar-refractivity contribution is -0.122. The van der Waals surface area contributed by atoms with Gasteiger partial charge in [-0.25, -0.2) is 9.78 Å². The smallest absolute Gasteiger partial charge is 0.321 e. The molecule has 1 fully saturated rings. The number of amides is 3. The second-order valence-electron chi connectivity index (χ2n) is 6.66. The number of nitrogens with one attached hydrogen (secondary N) is 2. The van der Waals surface area contributed by atoms with E-state index in [1.54, 1.807) is 11.3 Å². The minimum Gasteiger partial charge on any atom is -0.338 e. The van der Waals surface area contributed by atoms with Gasteiger partial charge in [0.25, 0.3) is 0 Å². The van der Waals surface area contributed by atoms with Gasteiger partial charge in [-0.05, 0) is 37.9 Å². The van der Waals surface area contributed by atoms with Crippen LogP contribution in [0.1, 0.15) is 50.1 Å². The summed E-state index contributed by atoms with van der Waals surface area (Å²) in [7, 11) is 0.